The number of hydroxylamine groups is 2. The molecule has 1 heterocycles. The molecular weight excluding hydrogens is 212 g/mol. The molecule has 0 atom stereocenters. The SMILES string of the molecule is C[N+]1=C(c2ccccc2)N([O])C(C)(C)C1(C)C. The molecule has 2 rings (SSSR count). The molecule has 1 radical (unpaired) electrons. The van der Waals surface area contributed by atoms with Crippen LogP contribution in [-0.4, -0.2) is 33.6 Å². The number of hydrogen-bond donors (Lipinski definition) is 0. The van der Waals surface area contributed by atoms with Gasteiger partial charge in [0, 0.05) is 5.21 Å². The molecule has 0 saturated carbocycles. The Hall–Kier alpha value is -1.35. The smallest absolute Gasteiger partial charge is 0.252 e. The molecule has 3 heteroatoms. The van der Waals surface area contributed by atoms with Crippen LogP contribution in [0.2, 0.25) is 0 Å². The summed E-state index contributed by atoms with van der Waals surface area (Å²) >= 11 is 0. The molecule has 0 unspecified atom stereocenters. The van der Waals surface area contributed by atoms with Gasteiger partial charge in [0.15, 0.2) is 5.54 Å². The second-order valence-corrected chi connectivity index (χ2v) is 5.66. The minimum absolute atomic E-state index is 0.195. The van der Waals surface area contributed by atoms with Crippen molar-refractivity contribution in [3.8, 4) is 0 Å². The van der Waals surface area contributed by atoms with Gasteiger partial charge in [-0.25, -0.2) is 0 Å². The molecule has 0 spiro atoms. The Bertz CT molecular complexity index is 460. The van der Waals surface area contributed by atoms with Gasteiger partial charge in [-0.3, -0.25) is 4.58 Å². The first kappa shape index (κ1) is 12.1. The van der Waals surface area contributed by atoms with Crippen LogP contribution in [-0.2, 0) is 5.21 Å². The lowest BCUT2D eigenvalue weighted by Gasteiger charge is -2.30. The maximum Gasteiger partial charge on any atom is 0.313 e. The van der Waals surface area contributed by atoms with Crippen LogP contribution in [0, 0.1) is 0 Å². The zero-order valence-electron chi connectivity index (χ0n) is 11.2. The van der Waals surface area contributed by atoms with Crippen molar-refractivity contribution < 1.29 is 9.78 Å². The topological polar surface area (TPSA) is 26.1 Å². The van der Waals surface area contributed by atoms with Crippen molar-refractivity contribution in [2.24, 2.45) is 0 Å². The molecular formula is C14H20N2O+. The third-order valence-corrected chi connectivity index (χ3v) is 4.39. The zero-order valence-corrected chi connectivity index (χ0v) is 11.2. The van der Waals surface area contributed by atoms with E-state index in [1.807, 2.05) is 51.2 Å². The largest absolute Gasteiger partial charge is 0.313 e. The van der Waals surface area contributed by atoms with E-state index in [1.165, 1.54) is 0 Å². The summed E-state index contributed by atoms with van der Waals surface area (Å²) in [4.78, 5) is 0. The van der Waals surface area contributed by atoms with Gasteiger partial charge in [-0.15, -0.1) is 0 Å². The molecule has 0 aromatic heterocycles. The van der Waals surface area contributed by atoms with Crippen LogP contribution in [0.25, 0.3) is 0 Å². The van der Waals surface area contributed by atoms with Crippen molar-refractivity contribution in [1.82, 2.24) is 5.06 Å². The Morgan fingerprint density at radius 1 is 1.06 bits per heavy atom. The molecule has 1 aliphatic heterocycles. The number of likely N-dealkylation sites (N-methyl/N-ethyl adjacent to an activating group) is 1. The summed E-state index contributed by atoms with van der Waals surface area (Å²) in [6.45, 7) is 8.20. The van der Waals surface area contributed by atoms with Crippen molar-refractivity contribution in [1.29, 1.82) is 0 Å². The number of rotatable bonds is 1. The highest BCUT2D eigenvalue weighted by Crippen LogP contribution is 2.36. The van der Waals surface area contributed by atoms with Crippen molar-refractivity contribution in [2.75, 3.05) is 7.05 Å². The quantitative estimate of drug-likeness (QED) is 0.682. The average Bonchev–Trinajstić information content (AvgIpc) is 2.40. The van der Waals surface area contributed by atoms with Gasteiger partial charge in [0.25, 0.3) is 0 Å². The molecule has 91 valence electrons. The molecule has 17 heavy (non-hydrogen) atoms. The molecule has 0 aliphatic carbocycles. The van der Waals surface area contributed by atoms with E-state index in [4.69, 9.17) is 0 Å². The van der Waals surface area contributed by atoms with Crippen molar-refractivity contribution >= 4 is 5.84 Å². The molecule has 1 aromatic carbocycles. The maximum absolute atomic E-state index is 12.5. The Morgan fingerprint density at radius 3 is 2.00 bits per heavy atom. The summed E-state index contributed by atoms with van der Waals surface area (Å²) in [5, 5.41) is 13.6. The lowest BCUT2D eigenvalue weighted by molar-refractivity contribution is -0.573. The van der Waals surface area contributed by atoms with E-state index < -0.39 is 5.54 Å². The Morgan fingerprint density at radius 2 is 1.59 bits per heavy atom. The van der Waals surface area contributed by atoms with Crippen LogP contribution in [0.1, 0.15) is 33.3 Å². The lowest BCUT2D eigenvalue weighted by Crippen LogP contribution is -2.53. The Kier molecular flexibility index (Phi) is 2.54. The van der Waals surface area contributed by atoms with Crippen LogP contribution in [0.15, 0.2) is 30.3 Å². The fraction of sp³-hybridized carbons (Fsp3) is 0.500. The summed E-state index contributed by atoms with van der Waals surface area (Å²) in [5.74, 6) is 0.751. The van der Waals surface area contributed by atoms with Crippen molar-refractivity contribution in [3.05, 3.63) is 35.9 Å². The van der Waals surface area contributed by atoms with E-state index in [-0.39, 0.29) is 5.54 Å². The van der Waals surface area contributed by atoms with E-state index in [1.54, 1.807) is 0 Å². The summed E-state index contributed by atoms with van der Waals surface area (Å²) in [5.41, 5.74) is 0.344. The van der Waals surface area contributed by atoms with Gasteiger partial charge in [0.2, 0.25) is 0 Å². The summed E-state index contributed by atoms with van der Waals surface area (Å²) in [6.07, 6.45) is 0. The Balaban J connectivity index is 2.59. The third-order valence-electron chi connectivity index (χ3n) is 4.39. The van der Waals surface area contributed by atoms with E-state index in [2.05, 4.69) is 18.4 Å². The molecule has 1 aliphatic rings. The second-order valence-electron chi connectivity index (χ2n) is 5.66. The minimum atomic E-state index is -0.438. The first-order chi connectivity index (χ1) is 7.80. The van der Waals surface area contributed by atoms with Gasteiger partial charge < -0.3 is 0 Å². The summed E-state index contributed by atoms with van der Waals surface area (Å²) in [6, 6.07) is 9.84. The Labute approximate surface area is 103 Å². The van der Waals surface area contributed by atoms with Crippen LogP contribution < -0.4 is 0 Å². The van der Waals surface area contributed by atoms with E-state index >= 15 is 0 Å². The molecule has 1 aromatic rings. The third kappa shape index (κ3) is 1.49. The molecule has 0 N–H and O–H groups in total. The van der Waals surface area contributed by atoms with Gasteiger partial charge in [-0.2, -0.15) is 0 Å². The van der Waals surface area contributed by atoms with Crippen LogP contribution >= 0.6 is 0 Å². The highest BCUT2D eigenvalue weighted by atomic mass is 16.5. The first-order valence-corrected chi connectivity index (χ1v) is 5.93. The minimum Gasteiger partial charge on any atom is -0.252 e. The van der Waals surface area contributed by atoms with Crippen LogP contribution in [0.3, 0.4) is 0 Å². The molecule has 3 nitrogen and oxygen atoms in total. The normalized spacial score (nSPS) is 22.1. The standard InChI is InChI=1S/C14H20N2O/c1-13(2)14(3,4)16(17)12(15(13)5)11-9-7-6-8-10-11/h6-10H,1-5H3/q+1. The molecule has 0 amide bonds. The van der Waals surface area contributed by atoms with Gasteiger partial charge in [0.1, 0.15) is 5.54 Å². The number of amidine groups is 1. The van der Waals surface area contributed by atoms with E-state index in [9.17, 15) is 5.21 Å². The second kappa shape index (κ2) is 3.57. The highest BCUT2D eigenvalue weighted by molar-refractivity contribution is 5.95. The van der Waals surface area contributed by atoms with Crippen LogP contribution in [0.5, 0.6) is 0 Å². The maximum atomic E-state index is 12.5. The molecule has 0 fully saturated rings. The average molecular weight is 232 g/mol. The number of nitrogens with zero attached hydrogens (tertiary/aromatic N) is 2. The lowest BCUT2D eigenvalue weighted by atomic mass is 9.83. The van der Waals surface area contributed by atoms with Gasteiger partial charge in [0.05, 0.1) is 12.6 Å². The van der Waals surface area contributed by atoms with E-state index in [0.29, 0.717) is 0 Å². The fourth-order valence-corrected chi connectivity index (χ4v) is 2.22. The number of hydrogen-bond acceptors (Lipinski definition) is 1. The summed E-state index contributed by atoms with van der Waals surface area (Å²) < 4.78 is 2.08. The summed E-state index contributed by atoms with van der Waals surface area (Å²) in [7, 11) is 1.99. The molecule has 0 saturated heterocycles. The predicted octanol–water partition coefficient (Wildman–Crippen LogP) is 2.29. The van der Waals surface area contributed by atoms with Crippen molar-refractivity contribution in [2.45, 2.75) is 38.8 Å². The highest BCUT2D eigenvalue weighted by Gasteiger charge is 2.60. The zero-order chi connectivity index (χ0) is 12.8. The first-order valence-electron chi connectivity index (χ1n) is 5.93. The predicted molar refractivity (Wildman–Crippen MR) is 67.4 cm³/mol. The van der Waals surface area contributed by atoms with Crippen LogP contribution in [0.4, 0.5) is 0 Å². The van der Waals surface area contributed by atoms with E-state index in [0.717, 1.165) is 16.5 Å². The fourth-order valence-electron chi connectivity index (χ4n) is 2.22. The van der Waals surface area contributed by atoms with Gasteiger partial charge in [-0.05, 0) is 39.8 Å². The van der Waals surface area contributed by atoms with Gasteiger partial charge >= 0.3 is 5.84 Å². The monoisotopic (exact) mass is 232 g/mol. The van der Waals surface area contributed by atoms with Gasteiger partial charge in [-0.1, -0.05) is 23.3 Å². The number of benzene rings is 1. The van der Waals surface area contributed by atoms with Crippen molar-refractivity contribution in [3.63, 3.8) is 0 Å². The molecule has 0 bridgehead atoms.